The fourth-order valence-electron chi connectivity index (χ4n) is 3.00. The third-order valence-corrected chi connectivity index (χ3v) is 4.55. The minimum Gasteiger partial charge on any atom is -0.480 e. The lowest BCUT2D eigenvalue weighted by molar-refractivity contribution is -0.142. The van der Waals surface area contributed by atoms with Crippen LogP contribution < -0.4 is 10.6 Å². The van der Waals surface area contributed by atoms with Gasteiger partial charge in [0.05, 0.1) is 0 Å². The summed E-state index contributed by atoms with van der Waals surface area (Å²) < 4.78 is 0. The first-order valence-corrected chi connectivity index (χ1v) is 8.78. The SMILES string of the molecule is Cc1ccc(C2(C)NC(=O)N(CC(=O)N[C@@H](CC(C)C)C(=O)O)C2=O)cc1. The van der Waals surface area contributed by atoms with Gasteiger partial charge >= 0.3 is 12.0 Å². The van der Waals surface area contributed by atoms with Crippen LogP contribution in [-0.2, 0) is 19.9 Å². The Bertz CT molecular complexity index is 759. The Balaban J connectivity index is 2.11. The molecule has 0 aromatic heterocycles. The summed E-state index contributed by atoms with van der Waals surface area (Å²) in [5.41, 5.74) is 0.354. The fraction of sp³-hybridized carbons (Fsp3) is 0.474. The average molecular weight is 375 g/mol. The molecule has 0 spiro atoms. The number of hydrogen-bond donors (Lipinski definition) is 3. The lowest BCUT2D eigenvalue weighted by atomic mass is 9.91. The van der Waals surface area contributed by atoms with Gasteiger partial charge in [-0.1, -0.05) is 43.7 Å². The number of aliphatic carboxylic acids is 1. The Kier molecular flexibility index (Phi) is 5.88. The molecule has 8 heteroatoms. The maximum atomic E-state index is 12.8. The van der Waals surface area contributed by atoms with E-state index in [9.17, 15) is 24.3 Å². The molecule has 1 saturated heterocycles. The lowest BCUT2D eigenvalue weighted by Gasteiger charge is -2.22. The monoisotopic (exact) mass is 375 g/mol. The second-order valence-corrected chi connectivity index (χ2v) is 7.40. The second kappa shape index (κ2) is 7.77. The summed E-state index contributed by atoms with van der Waals surface area (Å²) in [7, 11) is 0. The summed E-state index contributed by atoms with van der Waals surface area (Å²) in [5, 5.41) is 14.2. The van der Waals surface area contributed by atoms with Gasteiger partial charge < -0.3 is 15.7 Å². The van der Waals surface area contributed by atoms with Crippen molar-refractivity contribution in [2.24, 2.45) is 5.92 Å². The molecule has 1 unspecified atom stereocenters. The summed E-state index contributed by atoms with van der Waals surface area (Å²) in [6, 6.07) is 5.41. The molecule has 1 aliphatic rings. The summed E-state index contributed by atoms with van der Waals surface area (Å²) in [6.07, 6.45) is 0.252. The van der Waals surface area contributed by atoms with Gasteiger partial charge in [-0.05, 0) is 31.7 Å². The predicted molar refractivity (Wildman–Crippen MR) is 97.8 cm³/mol. The summed E-state index contributed by atoms with van der Waals surface area (Å²) in [6.45, 7) is 6.63. The molecule has 4 amide bonds. The van der Waals surface area contributed by atoms with E-state index in [-0.39, 0.29) is 12.3 Å². The smallest absolute Gasteiger partial charge is 0.326 e. The van der Waals surface area contributed by atoms with Crippen LogP contribution in [0.4, 0.5) is 4.79 Å². The molecule has 27 heavy (non-hydrogen) atoms. The molecule has 0 saturated carbocycles. The standard InChI is InChI=1S/C19H25N3O5/c1-11(2)9-14(16(24)25)20-15(23)10-22-17(26)19(4,21-18(22)27)13-7-5-12(3)6-8-13/h5-8,11,14H,9-10H2,1-4H3,(H,20,23)(H,21,27)(H,24,25)/t14-,19?/m0/s1. The van der Waals surface area contributed by atoms with Crippen LogP contribution in [0, 0.1) is 12.8 Å². The van der Waals surface area contributed by atoms with Crippen molar-refractivity contribution >= 4 is 23.8 Å². The molecule has 146 valence electrons. The molecule has 3 N–H and O–H groups in total. The van der Waals surface area contributed by atoms with E-state index >= 15 is 0 Å². The number of rotatable bonds is 7. The zero-order chi connectivity index (χ0) is 20.4. The number of carbonyl (C=O) groups is 4. The molecule has 2 atom stereocenters. The lowest BCUT2D eigenvalue weighted by Crippen LogP contribution is -2.48. The number of hydrogen-bond acceptors (Lipinski definition) is 4. The fourth-order valence-corrected chi connectivity index (χ4v) is 3.00. The van der Waals surface area contributed by atoms with Crippen molar-refractivity contribution in [2.75, 3.05) is 6.54 Å². The van der Waals surface area contributed by atoms with E-state index in [1.165, 1.54) is 0 Å². The van der Waals surface area contributed by atoms with Crippen molar-refractivity contribution in [3.05, 3.63) is 35.4 Å². The van der Waals surface area contributed by atoms with Crippen LogP contribution in [0.5, 0.6) is 0 Å². The molecule has 0 aliphatic carbocycles. The molecular formula is C19H25N3O5. The Morgan fingerprint density at radius 2 is 1.81 bits per heavy atom. The van der Waals surface area contributed by atoms with Crippen LogP contribution in [0.15, 0.2) is 24.3 Å². The van der Waals surface area contributed by atoms with Gasteiger partial charge in [0.15, 0.2) is 0 Å². The van der Waals surface area contributed by atoms with Crippen molar-refractivity contribution in [2.45, 2.75) is 45.7 Å². The van der Waals surface area contributed by atoms with Gasteiger partial charge in [-0.3, -0.25) is 14.5 Å². The molecule has 1 fully saturated rings. The first-order chi connectivity index (χ1) is 12.5. The summed E-state index contributed by atoms with van der Waals surface area (Å²) in [4.78, 5) is 49.4. The van der Waals surface area contributed by atoms with Crippen LogP contribution in [0.2, 0.25) is 0 Å². The van der Waals surface area contributed by atoms with Gasteiger partial charge in [0.25, 0.3) is 5.91 Å². The third kappa shape index (κ3) is 4.45. The van der Waals surface area contributed by atoms with Crippen LogP contribution >= 0.6 is 0 Å². The summed E-state index contributed by atoms with van der Waals surface area (Å²) >= 11 is 0. The number of urea groups is 1. The number of amides is 4. The van der Waals surface area contributed by atoms with E-state index in [1.807, 2.05) is 32.9 Å². The largest absolute Gasteiger partial charge is 0.480 e. The third-order valence-electron chi connectivity index (χ3n) is 4.55. The molecular weight excluding hydrogens is 350 g/mol. The van der Waals surface area contributed by atoms with E-state index in [1.54, 1.807) is 19.1 Å². The number of nitrogens with zero attached hydrogens (tertiary/aromatic N) is 1. The zero-order valence-electron chi connectivity index (χ0n) is 15.9. The first-order valence-electron chi connectivity index (χ1n) is 8.78. The molecule has 1 heterocycles. The van der Waals surface area contributed by atoms with Crippen molar-refractivity contribution in [1.82, 2.24) is 15.5 Å². The topological polar surface area (TPSA) is 116 Å². The highest BCUT2D eigenvalue weighted by Crippen LogP contribution is 2.28. The van der Waals surface area contributed by atoms with Crippen LogP contribution in [0.1, 0.15) is 38.3 Å². The van der Waals surface area contributed by atoms with Crippen molar-refractivity contribution < 1.29 is 24.3 Å². The minimum atomic E-state index is -1.27. The van der Waals surface area contributed by atoms with E-state index in [0.717, 1.165) is 10.5 Å². The average Bonchev–Trinajstić information content (AvgIpc) is 2.78. The van der Waals surface area contributed by atoms with Gasteiger partial charge in [-0.15, -0.1) is 0 Å². The molecule has 8 nitrogen and oxygen atoms in total. The molecule has 1 aliphatic heterocycles. The van der Waals surface area contributed by atoms with Crippen LogP contribution in [-0.4, -0.2) is 46.4 Å². The van der Waals surface area contributed by atoms with Crippen molar-refractivity contribution in [3.63, 3.8) is 0 Å². The van der Waals surface area contributed by atoms with Crippen molar-refractivity contribution in [1.29, 1.82) is 0 Å². The predicted octanol–water partition coefficient (Wildman–Crippen LogP) is 1.38. The normalized spacial score (nSPS) is 20.6. The highest BCUT2D eigenvalue weighted by molar-refractivity contribution is 6.09. The Labute approximate surface area is 157 Å². The number of benzene rings is 1. The van der Waals surface area contributed by atoms with Gasteiger partial charge in [0, 0.05) is 0 Å². The highest BCUT2D eigenvalue weighted by Gasteiger charge is 2.49. The number of imide groups is 1. The van der Waals surface area contributed by atoms with Crippen LogP contribution in [0.25, 0.3) is 0 Å². The van der Waals surface area contributed by atoms with E-state index in [2.05, 4.69) is 10.6 Å². The molecule has 0 bridgehead atoms. The summed E-state index contributed by atoms with van der Waals surface area (Å²) in [5.74, 6) is -2.34. The van der Waals surface area contributed by atoms with Gasteiger partial charge in [0.2, 0.25) is 5.91 Å². The number of nitrogens with one attached hydrogen (secondary N) is 2. The van der Waals surface area contributed by atoms with Crippen molar-refractivity contribution in [3.8, 4) is 0 Å². The number of carboxylic acid groups (broad SMARTS) is 1. The second-order valence-electron chi connectivity index (χ2n) is 7.40. The van der Waals surface area contributed by atoms with Gasteiger partial charge in [-0.25, -0.2) is 9.59 Å². The molecule has 1 aromatic rings. The molecule has 2 rings (SSSR count). The van der Waals surface area contributed by atoms with Crippen LogP contribution in [0.3, 0.4) is 0 Å². The van der Waals surface area contributed by atoms with E-state index in [0.29, 0.717) is 5.56 Å². The Hall–Kier alpha value is -2.90. The number of aryl methyl sites for hydroxylation is 1. The van der Waals surface area contributed by atoms with E-state index < -0.39 is 41.9 Å². The molecule has 1 aromatic carbocycles. The Morgan fingerprint density at radius 1 is 1.22 bits per heavy atom. The molecule has 0 radical (unpaired) electrons. The Morgan fingerprint density at radius 3 is 2.33 bits per heavy atom. The van der Waals surface area contributed by atoms with Gasteiger partial charge in [-0.2, -0.15) is 0 Å². The highest BCUT2D eigenvalue weighted by atomic mass is 16.4. The maximum Gasteiger partial charge on any atom is 0.326 e. The number of carboxylic acids is 1. The van der Waals surface area contributed by atoms with Gasteiger partial charge in [0.1, 0.15) is 18.1 Å². The number of carbonyl (C=O) groups excluding carboxylic acids is 3. The zero-order valence-corrected chi connectivity index (χ0v) is 15.9. The quantitative estimate of drug-likeness (QED) is 0.623. The van der Waals surface area contributed by atoms with E-state index in [4.69, 9.17) is 0 Å². The minimum absolute atomic E-state index is 0.0629. The first kappa shape index (κ1) is 20.4. The maximum absolute atomic E-state index is 12.8.